The molecule has 1 fully saturated rings. The van der Waals surface area contributed by atoms with Crippen LogP contribution in [0.5, 0.6) is 0 Å². The molecule has 2 atom stereocenters. The maximum atomic E-state index is 12.8. The molecule has 3 aromatic carbocycles. The van der Waals surface area contributed by atoms with Gasteiger partial charge in [-0.05, 0) is 34.2 Å². The predicted molar refractivity (Wildman–Crippen MR) is 127 cm³/mol. The van der Waals surface area contributed by atoms with Crippen LogP contribution < -0.4 is 0 Å². The molecule has 2 unspecified atom stereocenters. The number of hydrogen-bond acceptors (Lipinski definition) is 3. The van der Waals surface area contributed by atoms with E-state index in [0.717, 1.165) is 33.3 Å². The van der Waals surface area contributed by atoms with Crippen LogP contribution in [0.2, 0.25) is 0 Å². The third-order valence-electron chi connectivity index (χ3n) is 5.83. The average molecular weight is 443 g/mol. The first-order valence-electron chi connectivity index (χ1n) is 10.5. The highest BCUT2D eigenvalue weighted by molar-refractivity contribution is 8.00. The Kier molecular flexibility index (Phi) is 5.45. The zero-order valence-corrected chi connectivity index (χ0v) is 18.1. The van der Waals surface area contributed by atoms with E-state index < -0.39 is 12.0 Å². The van der Waals surface area contributed by atoms with Crippen LogP contribution in [0.25, 0.3) is 22.0 Å². The van der Waals surface area contributed by atoms with Crippen molar-refractivity contribution in [3.8, 4) is 11.1 Å². The van der Waals surface area contributed by atoms with Gasteiger partial charge in [0.25, 0.3) is 0 Å². The number of benzene rings is 3. The van der Waals surface area contributed by atoms with Gasteiger partial charge in [0, 0.05) is 17.6 Å². The van der Waals surface area contributed by atoms with Gasteiger partial charge >= 0.3 is 5.97 Å². The Morgan fingerprint density at radius 2 is 1.69 bits per heavy atom. The van der Waals surface area contributed by atoms with Crippen molar-refractivity contribution in [2.45, 2.75) is 17.8 Å². The second-order valence-corrected chi connectivity index (χ2v) is 8.96. The molecule has 1 aromatic heterocycles. The molecule has 5 nitrogen and oxygen atoms in total. The van der Waals surface area contributed by atoms with Crippen molar-refractivity contribution < 1.29 is 14.7 Å². The Hall–Kier alpha value is -3.51. The Morgan fingerprint density at radius 3 is 2.41 bits per heavy atom. The molecular weight excluding hydrogens is 420 g/mol. The minimum atomic E-state index is -0.995. The average Bonchev–Trinajstić information content (AvgIpc) is 3.41. The topological polar surface area (TPSA) is 73.4 Å². The number of carboxylic acid groups (broad SMARTS) is 1. The summed E-state index contributed by atoms with van der Waals surface area (Å²) in [4.78, 5) is 29.9. The summed E-state index contributed by atoms with van der Waals surface area (Å²) in [6.45, 7) is 0. The van der Waals surface area contributed by atoms with Crippen LogP contribution in [-0.2, 0) is 16.0 Å². The number of thioether (sulfide) groups is 1. The fourth-order valence-electron chi connectivity index (χ4n) is 4.26. The maximum absolute atomic E-state index is 12.8. The summed E-state index contributed by atoms with van der Waals surface area (Å²) >= 11 is 1.48. The van der Waals surface area contributed by atoms with Crippen molar-refractivity contribution in [2.75, 3.05) is 5.75 Å². The van der Waals surface area contributed by atoms with Gasteiger partial charge in [0.2, 0.25) is 5.91 Å². The van der Waals surface area contributed by atoms with Crippen molar-refractivity contribution in [2.24, 2.45) is 0 Å². The number of hydrogen-bond donors (Lipinski definition) is 2. The number of aliphatic carboxylic acids is 1. The number of H-pyrrole nitrogens is 1. The lowest BCUT2D eigenvalue weighted by Crippen LogP contribution is -2.45. The van der Waals surface area contributed by atoms with Gasteiger partial charge in [0.05, 0.1) is 5.75 Å². The third-order valence-corrected chi connectivity index (χ3v) is 7.06. The number of carbonyl (C=O) groups is 2. The number of carboxylic acids is 1. The van der Waals surface area contributed by atoms with E-state index in [0.29, 0.717) is 0 Å². The minimum Gasteiger partial charge on any atom is -0.480 e. The van der Waals surface area contributed by atoms with E-state index in [1.165, 1.54) is 16.7 Å². The number of rotatable bonds is 6. The smallest absolute Gasteiger partial charge is 0.326 e. The first-order chi connectivity index (χ1) is 15.6. The van der Waals surface area contributed by atoms with E-state index in [2.05, 4.69) is 17.1 Å². The monoisotopic (exact) mass is 442 g/mol. The molecule has 1 aliphatic heterocycles. The first kappa shape index (κ1) is 20.4. The van der Waals surface area contributed by atoms with Crippen LogP contribution in [0.1, 0.15) is 16.6 Å². The van der Waals surface area contributed by atoms with Gasteiger partial charge in [-0.25, -0.2) is 4.79 Å². The number of aromatic nitrogens is 1. The second kappa shape index (κ2) is 8.55. The van der Waals surface area contributed by atoms with E-state index in [-0.39, 0.29) is 23.5 Å². The van der Waals surface area contributed by atoms with Gasteiger partial charge in [0.1, 0.15) is 11.4 Å². The summed E-state index contributed by atoms with van der Waals surface area (Å²) in [6, 6.07) is 27.0. The van der Waals surface area contributed by atoms with Crippen LogP contribution in [0, 0.1) is 0 Å². The summed E-state index contributed by atoms with van der Waals surface area (Å²) in [7, 11) is 0. The molecular formula is C26H22N2O3S. The van der Waals surface area contributed by atoms with Crippen LogP contribution >= 0.6 is 11.8 Å². The summed E-state index contributed by atoms with van der Waals surface area (Å²) < 4.78 is 0. The highest BCUT2D eigenvalue weighted by atomic mass is 32.2. The Morgan fingerprint density at radius 1 is 1.00 bits per heavy atom. The lowest BCUT2D eigenvalue weighted by atomic mass is 10.0. The second-order valence-electron chi connectivity index (χ2n) is 7.89. The first-order valence-corrected chi connectivity index (χ1v) is 11.5. The fourth-order valence-corrected chi connectivity index (χ4v) is 5.48. The number of nitrogens with one attached hydrogen (secondary N) is 1. The highest BCUT2D eigenvalue weighted by Gasteiger charge is 2.41. The van der Waals surface area contributed by atoms with Crippen molar-refractivity contribution in [1.29, 1.82) is 0 Å². The SMILES string of the molecule is O=C(O)C(Cc1cc2ccccc2[nH]1)N1C(=O)CSC1c1ccc(-c2ccccc2)cc1. The van der Waals surface area contributed by atoms with Crippen LogP contribution in [0.4, 0.5) is 0 Å². The number of aromatic amines is 1. The third kappa shape index (κ3) is 3.89. The molecule has 0 radical (unpaired) electrons. The normalized spacial score (nSPS) is 17.1. The van der Waals surface area contributed by atoms with Crippen LogP contribution in [0.15, 0.2) is 84.9 Å². The summed E-state index contributed by atoms with van der Waals surface area (Å²) in [6.07, 6.45) is 0.231. The van der Waals surface area contributed by atoms with Gasteiger partial charge in [-0.3, -0.25) is 4.79 Å². The molecule has 4 aromatic rings. The Balaban J connectivity index is 1.43. The van der Waals surface area contributed by atoms with Gasteiger partial charge in [-0.1, -0.05) is 72.8 Å². The van der Waals surface area contributed by atoms with Crippen molar-refractivity contribution in [3.05, 3.63) is 96.2 Å². The molecule has 0 saturated carbocycles. The van der Waals surface area contributed by atoms with Crippen LogP contribution in [-0.4, -0.2) is 38.7 Å². The molecule has 0 aliphatic carbocycles. The zero-order valence-electron chi connectivity index (χ0n) is 17.3. The lowest BCUT2D eigenvalue weighted by molar-refractivity contribution is -0.149. The number of carbonyl (C=O) groups excluding carboxylic acids is 1. The predicted octanol–water partition coefficient (Wildman–Crippen LogP) is 5.10. The van der Waals surface area contributed by atoms with E-state index in [1.807, 2.05) is 72.8 Å². The van der Waals surface area contributed by atoms with Crippen molar-refractivity contribution in [3.63, 3.8) is 0 Å². The molecule has 1 amide bonds. The van der Waals surface area contributed by atoms with E-state index >= 15 is 0 Å². The molecule has 0 spiro atoms. The molecule has 5 rings (SSSR count). The number of fused-ring (bicyclic) bond motifs is 1. The van der Waals surface area contributed by atoms with Gasteiger partial charge in [0.15, 0.2) is 0 Å². The number of para-hydroxylation sites is 1. The van der Waals surface area contributed by atoms with Gasteiger partial charge < -0.3 is 15.0 Å². The van der Waals surface area contributed by atoms with Gasteiger partial charge in [-0.2, -0.15) is 0 Å². The van der Waals surface area contributed by atoms with E-state index in [1.54, 1.807) is 0 Å². The number of amides is 1. The standard InChI is InChI=1S/C26H22N2O3S/c29-24-16-32-25(19-12-10-18(11-13-19)17-6-2-1-3-7-17)28(24)23(26(30)31)15-21-14-20-8-4-5-9-22(20)27-21/h1-14,23,25,27H,15-16H2,(H,30,31). The molecule has 1 aliphatic rings. The maximum Gasteiger partial charge on any atom is 0.326 e. The molecule has 32 heavy (non-hydrogen) atoms. The van der Waals surface area contributed by atoms with Crippen molar-refractivity contribution in [1.82, 2.24) is 9.88 Å². The lowest BCUT2D eigenvalue weighted by Gasteiger charge is -2.30. The quantitative estimate of drug-likeness (QED) is 0.435. The largest absolute Gasteiger partial charge is 0.480 e. The molecule has 160 valence electrons. The summed E-state index contributed by atoms with van der Waals surface area (Å²) in [5.41, 5.74) is 4.91. The molecule has 6 heteroatoms. The van der Waals surface area contributed by atoms with E-state index in [9.17, 15) is 14.7 Å². The van der Waals surface area contributed by atoms with E-state index in [4.69, 9.17) is 0 Å². The summed E-state index contributed by atoms with van der Waals surface area (Å²) in [5.74, 6) is -0.859. The molecule has 2 heterocycles. The molecule has 1 saturated heterocycles. The zero-order chi connectivity index (χ0) is 22.1. The highest BCUT2D eigenvalue weighted by Crippen LogP contribution is 2.41. The van der Waals surface area contributed by atoms with Crippen molar-refractivity contribution >= 4 is 34.5 Å². The fraction of sp³-hybridized carbons (Fsp3) is 0.154. The molecule has 0 bridgehead atoms. The van der Waals surface area contributed by atoms with Gasteiger partial charge in [-0.15, -0.1) is 11.8 Å². The Bertz CT molecular complexity index is 1230. The number of nitrogens with zero attached hydrogens (tertiary/aromatic N) is 1. The van der Waals surface area contributed by atoms with Crippen LogP contribution in [0.3, 0.4) is 0 Å². The minimum absolute atomic E-state index is 0.143. The molecule has 2 N–H and O–H groups in total. The summed E-state index contributed by atoms with van der Waals surface area (Å²) in [5, 5.41) is 10.7. The Labute approximate surface area is 190 Å².